The number of hydrogen-bond acceptors (Lipinski definition) is 4. The van der Waals surface area contributed by atoms with Gasteiger partial charge in [0.1, 0.15) is 5.82 Å². The molecule has 2 heterocycles. The lowest BCUT2D eigenvalue weighted by molar-refractivity contribution is -0.117. The Kier molecular flexibility index (Phi) is 6.85. The number of carbonyl (C=O) groups excluding carboxylic acids is 1. The van der Waals surface area contributed by atoms with Crippen LogP contribution in [0.1, 0.15) is 44.2 Å². The highest BCUT2D eigenvalue weighted by atomic mass is 16.2. The van der Waals surface area contributed by atoms with Crippen LogP contribution in [0.25, 0.3) is 0 Å². The van der Waals surface area contributed by atoms with E-state index in [9.17, 15) is 4.79 Å². The van der Waals surface area contributed by atoms with E-state index in [1.807, 2.05) is 10.7 Å². The summed E-state index contributed by atoms with van der Waals surface area (Å²) in [4.78, 5) is 17.3. The quantitative estimate of drug-likeness (QED) is 0.687. The van der Waals surface area contributed by atoms with Gasteiger partial charge in [0.15, 0.2) is 0 Å². The second kappa shape index (κ2) is 9.75. The van der Waals surface area contributed by atoms with E-state index >= 15 is 0 Å². The van der Waals surface area contributed by atoms with E-state index in [1.54, 1.807) is 6.20 Å². The van der Waals surface area contributed by atoms with Gasteiger partial charge in [-0.3, -0.25) is 9.69 Å². The molecule has 0 spiro atoms. The summed E-state index contributed by atoms with van der Waals surface area (Å²) >= 11 is 0. The Hall–Kier alpha value is -2.18. The molecule has 1 N–H and O–H groups in total. The molecule has 1 aliphatic carbocycles. The van der Waals surface area contributed by atoms with Crippen LogP contribution in [0.4, 0.5) is 5.82 Å². The SMILES string of the molecule is CC(C1CC1)n1nccc1NC(=O)CN1CCC(CN(C)Cc2ccccc2)CC1. The number of piperidine rings is 1. The molecule has 0 radical (unpaired) electrons. The Morgan fingerprint density at radius 1 is 1.17 bits per heavy atom. The molecule has 1 aromatic carbocycles. The third-order valence-electron chi connectivity index (χ3n) is 6.57. The van der Waals surface area contributed by atoms with Crippen molar-refractivity contribution < 1.29 is 4.79 Å². The molecule has 2 fully saturated rings. The van der Waals surface area contributed by atoms with Crippen LogP contribution in [-0.2, 0) is 11.3 Å². The van der Waals surface area contributed by atoms with E-state index in [-0.39, 0.29) is 5.91 Å². The summed E-state index contributed by atoms with van der Waals surface area (Å²) in [5.41, 5.74) is 1.37. The first kappa shape index (κ1) is 21.1. The number of rotatable bonds is 9. The van der Waals surface area contributed by atoms with Crippen LogP contribution < -0.4 is 5.32 Å². The number of nitrogens with zero attached hydrogens (tertiary/aromatic N) is 4. The Balaban J connectivity index is 1.18. The van der Waals surface area contributed by atoms with E-state index in [4.69, 9.17) is 0 Å². The third-order valence-corrected chi connectivity index (χ3v) is 6.57. The minimum Gasteiger partial charge on any atom is -0.310 e. The number of likely N-dealkylation sites (tertiary alicyclic amines) is 1. The lowest BCUT2D eigenvalue weighted by Crippen LogP contribution is -2.41. The molecule has 162 valence electrons. The van der Waals surface area contributed by atoms with Crippen LogP contribution in [0.2, 0.25) is 0 Å². The zero-order valence-electron chi connectivity index (χ0n) is 18.3. The minimum absolute atomic E-state index is 0.0689. The number of benzene rings is 1. The van der Waals surface area contributed by atoms with E-state index in [0.29, 0.717) is 24.4 Å². The maximum Gasteiger partial charge on any atom is 0.239 e. The first-order valence-electron chi connectivity index (χ1n) is 11.4. The molecular formula is C24H35N5O. The summed E-state index contributed by atoms with van der Waals surface area (Å²) < 4.78 is 1.98. The van der Waals surface area contributed by atoms with Crippen molar-refractivity contribution in [2.45, 2.75) is 45.2 Å². The molecule has 1 atom stereocenters. The number of anilines is 1. The highest BCUT2D eigenvalue weighted by Gasteiger charge is 2.31. The summed E-state index contributed by atoms with van der Waals surface area (Å²) in [7, 11) is 2.21. The van der Waals surface area contributed by atoms with Crippen molar-refractivity contribution in [2.75, 3.05) is 38.5 Å². The van der Waals surface area contributed by atoms with Gasteiger partial charge in [-0.15, -0.1) is 0 Å². The molecule has 1 unspecified atom stereocenters. The molecule has 1 amide bonds. The van der Waals surface area contributed by atoms with Crippen LogP contribution >= 0.6 is 0 Å². The van der Waals surface area contributed by atoms with Crippen molar-refractivity contribution in [2.24, 2.45) is 11.8 Å². The van der Waals surface area contributed by atoms with E-state index < -0.39 is 0 Å². The van der Waals surface area contributed by atoms with Gasteiger partial charge in [-0.2, -0.15) is 5.10 Å². The summed E-state index contributed by atoms with van der Waals surface area (Å²) in [6.07, 6.45) is 6.63. The Bertz CT molecular complexity index is 808. The van der Waals surface area contributed by atoms with Gasteiger partial charge in [0.25, 0.3) is 0 Å². The van der Waals surface area contributed by atoms with E-state index in [0.717, 1.165) is 44.8 Å². The van der Waals surface area contributed by atoms with Crippen LogP contribution in [0, 0.1) is 11.8 Å². The Labute approximate surface area is 180 Å². The highest BCUT2D eigenvalue weighted by molar-refractivity contribution is 5.91. The van der Waals surface area contributed by atoms with Crippen LogP contribution in [0.3, 0.4) is 0 Å². The molecule has 0 bridgehead atoms. The van der Waals surface area contributed by atoms with Crippen molar-refractivity contribution in [3.05, 3.63) is 48.2 Å². The average Bonchev–Trinajstić information content (AvgIpc) is 3.49. The van der Waals surface area contributed by atoms with Gasteiger partial charge in [0, 0.05) is 19.2 Å². The molecule has 30 heavy (non-hydrogen) atoms. The fourth-order valence-electron chi connectivity index (χ4n) is 4.63. The molecule has 2 aliphatic rings. The van der Waals surface area contributed by atoms with Gasteiger partial charge in [0.2, 0.25) is 5.91 Å². The third kappa shape index (κ3) is 5.70. The van der Waals surface area contributed by atoms with Crippen molar-refractivity contribution in [1.29, 1.82) is 0 Å². The molecule has 1 saturated heterocycles. The number of amides is 1. The second-order valence-corrected chi connectivity index (χ2v) is 9.19. The van der Waals surface area contributed by atoms with E-state index in [1.165, 1.54) is 18.4 Å². The molecular weight excluding hydrogens is 374 g/mol. The lowest BCUT2D eigenvalue weighted by Gasteiger charge is -2.33. The van der Waals surface area contributed by atoms with Gasteiger partial charge < -0.3 is 10.2 Å². The van der Waals surface area contributed by atoms with Crippen molar-refractivity contribution in [3.8, 4) is 0 Å². The van der Waals surface area contributed by atoms with Gasteiger partial charge in [-0.1, -0.05) is 30.3 Å². The monoisotopic (exact) mass is 409 g/mol. The van der Waals surface area contributed by atoms with Crippen molar-refractivity contribution in [1.82, 2.24) is 19.6 Å². The predicted molar refractivity (Wildman–Crippen MR) is 120 cm³/mol. The van der Waals surface area contributed by atoms with Gasteiger partial charge in [-0.25, -0.2) is 4.68 Å². The second-order valence-electron chi connectivity index (χ2n) is 9.19. The maximum absolute atomic E-state index is 12.6. The standard InChI is InChI=1S/C24H35N5O/c1-19(22-8-9-22)29-23(10-13-25-29)26-24(30)18-28-14-11-21(12-15-28)17-27(2)16-20-6-4-3-5-7-20/h3-7,10,13,19,21-22H,8-9,11-12,14-18H2,1-2H3,(H,26,30). The molecule has 6 heteroatoms. The summed E-state index contributed by atoms with van der Waals surface area (Å²) in [5, 5.41) is 7.51. The molecule has 1 aliphatic heterocycles. The fraction of sp³-hybridized carbons (Fsp3) is 0.583. The van der Waals surface area contributed by atoms with Crippen molar-refractivity contribution in [3.63, 3.8) is 0 Å². The van der Waals surface area contributed by atoms with Gasteiger partial charge >= 0.3 is 0 Å². The number of nitrogens with one attached hydrogen (secondary N) is 1. The van der Waals surface area contributed by atoms with Gasteiger partial charge in [0.05, 0.1) is 18.8 Å². The predicted octanol–water partition coefficient (Wildman–Crippen LogP) is 3.64. The molecule has 4 rings (SSSR count). The average molecular weight is 410 g/mol. The first-order valence-corrected chi connectivity index (χ1v) is 11.4. The van der Waals surface area contributed by atoms with Crippen LogP contribution in [0.15, 0.2) is 42.6 Å². The molecule has 1 saturated carbocycles. The highest BCUT2D eigenvalue weighted by Crippen LogP contribution is 2.40. The fourth-order valence-corrected chi connectivity index (χ4v) is 4.63. The van der Waals surface area contributed by atoms with Gasteiger partial charge in [-0.05, 0) is 70.1 Å². The Morgan fingerprint density at radius 2 is 1.90 bits per heavy atom. The summed E-state index contributed by atoms with van der Waals surface area (Å²) in [5.74, 6) is 2.31. The molecule has 6 nitrogen and oxygen atoms in total. The molecule has 2 aromatic rings. The summed E-state index contributed by atoms with van der Waals surface area (Å²) in [6, 6.07) is 12.9. The Morgan fingerprint density at radius 3 is 2.60 bits per heavy atom. The minimum atomic E-state index is 0.0689. The van der Waals surface area contributed by atoms with Crippen molar-refractivity contribution >= 4 is 11.7 Å². The maximum atomic E-state index is 12.6. The topological polar surface area (TPSA) is 53.4 Å². The largest absolute Gasteiger partial charge is 0.310 e. The van der Waals surface area contributed by atoms with E-state index in [2.05, 4.69) is 64.5 Å². The zero-order chi connectivity index (χ0) is 20.9. The lowest BCUT2D eigenvalue weighted by atomic mass is 9.96. The normalized spacial score (nSPS) is 19.2. The molecule has 1 aromatic heterocycles. The summed E-state index contributed by atoms with van der Waals surface area (Å²) in [6.45, 7) is 6.77. The number of carbonyl (C=O) groups is 1. The number of hydrogen-bond donors (Lipinski definition) is 1. The van der Waals surface area contributed by atoms with Crippen LogP contribution in [0.5, 0.6) is 0 Å². The smallest absolute Gasteiger partial charge is 0.239 e. The zero-order valence-corrected chi connectivity index (χ0v) is 18.3. The van der Waals surface area contributed by atoms with Crippen LogP contribution in [-0.4, -0.2) is 58.7 Å². The first-order chi connectivity index (χ1) is 14.6. The number of aromatic nitrogens is 2.